The molecule has 8 nitrogen and oxygen atoms in total. The quantitative estimate of drug-likeness (QED) is 0.345. The summed E-state index contributed by atoms with van der Waals surface area (Å²) in [6.07, 6.45) is 2.75. The summed E-state index contributed by atoms with van der Waals surface area (Å²) < 4.78 is 8.87. The number of aliphatic hydroxyl groups is 1. The molecule has 0 saturated heterocycles. The molecular weight excluding hydrogens is 356 g/mol. The fourth-order valence-electron chi connectivity index (χ4n) is 1.58. The zero-order valence-electron chi connectivity index (χ0n) is 15.1. The van der Waals surface area contributed by atoms with E-state index in [1.165, 1.54) is 6.08 Å². The molecule has 0 unspecified atom stereocenters. The molecule has 1 aliphatic rings. The van der Waals surface area contributed by atoms with Gasteiger partial charge in [0.15, 0.2) is 0 Å². The van der Waals surface area contributed by atoms with E-state index in [0.717, 1.165) is 11.6 Å². The van der Waals surface area contributed by atoms with Crippen LogP contribution in [-0.4, -0.2) is 47.3 Å². The van der Waals surface area contributed by atoms with Gasteiger partial charge in [-0.25, -0.2) is 19.2 Å². The Morgan fingerprint density at radius 1 is 1.15 bits per heavy atom. The molecule has 0 bridgehead atoms. The first-order chi connectivity index (χ1) is 12.7. The lowest BCUT2D eigenvalue weighted by Gasteiger charge is -1.96. The van der Waals surface area contributed by atoms with Crippen molar-refractivity contribution in [3.8, 4) is 0 Å². The molecular formula is C19H22O8. The molecule has 0 radical (unpaired) electrons. The summed E-state index contributed by atoms with van der Waals surface area (Å²) in [6.45, 7) is 7.00. The molecule has 0 aliphatic carbocycles. The van der Waals surface area contributed by atoms with Crippen molar-refractivity contribution in [3.63, 3.8) is 0 Å². The minimum atomic E-state index is -0.875. The largest absolute Gasteiger partial charge is 0.478 e. The van der Waals surface area contributed by atoms with E-state index in [9.17, 15) is 19.2 Å². The fraction of sp³-hybridized carbons (Fsp3) is 0.263. The number of aliphatic carboxylic acids is 1. The zero-order valence-corrected chi connectivity index (χ0v) is 15.1. The normalized spacial score (nSPS) is 10.8. The van der Waals surface area contributed by atoms with Crippen LogP contribution < -0.4 is 0 Å². The minimum Gasteiger partial charge on any atom is -0.478 e. The number of esters is 3. The Kier molecular flexibility index (Phi) is 11.4. The van der Waals surface area contributed by atoms with Gasteiger partial charge in [0.05, 0.1) is 17.7 Å². The van der Waals surface area contributed by atoms with E-state index in [4.69, 9.17) is 10.2 Å². The Bertz CT molecular complexity index is 681. The van der Waals surface area contributed by atoms with Crippen molar-refractivity contribution >= 4 is 23.9 Å². The Morgan fingerprint density at radius 3 is 2.00 bits per heavy atom. The topological polar surface area (TPSA) is 127 Å². The highest BCUT2D eigenvalue weighted by Crippen LogP contribution is 2.18. The molecule has 0 aromatic heterocycles. The lowest BCUT2D eigenvalue weighted by Crippen LogP contribution is -2.02. The smallest absolute Gasteiger partial charge is 0.346 e. The summed E-state index contributed by atoms with van der Waals surface area (Å²) in [6, 6.07) is 6.53. The van der Waals surface area contributed by atoms with Crippen LogP contribution in [0.3, 0.4) is 0 Å². The van der Waals surface area contributed by atoms with Crippen LogP contribution in [0, 0.1) is 0 Å². The Hall–Kier alpha value is -3.26. The van der Waals surface area contributed by atoms with Crippen LogP contribution in [0.2, 0.25) is 0 Å². The van der Waals surface area contributed by atoms with Crippen LogP contribution in [0.25, 0.3) is 0 Å². The number of benzene rings is 1. The van der Waals surface area contributed by atoms with Gasteiger partial charge in [-0.3, -0.25) is 0 Å². The summed E-state index contributed by atoms with van der Waals surface area (Å²) in [5.41, 5.74) is 1.53. The van der Waals surface area contributed by atoms with Crippen molar-refractivity contribution < 1.29 is 38.9 Å². The fourth-order valence-corrected chi connectivity index (χ4v) is 1.58. The maximum Gasteiger partial charge on any atom is 0.346 e. The molecule has 0 saturated carbocycles. The van der Waals surface area contributed by atoms with E-state index in [-0.39, 0.29) is 13.2 Å². The highest BCUT2D eigenvalue weighted by molar-refractivity contribution is 6.14. The van der Waals surface area contributed by atoms with Crippen LogP contribution in [0.1, 0.15) is 41.0 Å². The van der Waals surface area contributed by atoms with E-state index in [1.807, 2.05) is 0 Å². The van der Waals surface area contributed by atoms with Gasteiger partial charge in [0.25, 0.3) is 0 Å². The number of aliphatic hydroxyl groups excluding tert-OH is 1. The molecule has 0 spiro atoms. The Labute approximate surface area is 156 Å². The average Bonchev–Trinajstić information content (AvgIpc) is 2.90. The molecule has 27 heavy (non-hydrogen) atoms. The van der Waals surface area contributed by atoms with Crippen molar-refractivity contribution in [1.29, 1.82) is 0 Å². The number of allylic oxidation sites excluding steroid dienone is 1. The number of carbonyl (C=O) groups excluding carboxylic acids is 3. The van der Waals surface area contributed by atoms with Gasteiger partial charge < -0.3 is 19.7 Å². The number of fused-ring (bicyclic) bond motifs is 1. The zero-order chi connectivity index (χ0) is 20.8. The predicted molar refractivity (Wildman–Crippen MR) is 96.1 cm³/mol. The van der Waals surface area contributed by atoms with E-state index in [0.29, 0.717) is 17.5 Å². The van der Waals surface area contributed by atoms with Crippen molar-refractivity contribution in [2.75, 3.05) is 13.2 Å². The summed E-state index contributed by atoms with van der Waals surface area (Å²) >= 11 is 0. The summed E-state index contributed by atoms with van der Waals surface area (Å²) in [7, 11) is 0. The van der Waals surface area contributed by atoms with Crippen LogP contribution in [-0.2, 0) is 19.1 Å². The third-order valence-electron chi connectivity index (χ3n) is 2.68. The molecule has 1 aromatic rings. The first-order valence-electron chi connectivity index (χ1n) is 7.86. The molecule has 1 aromatic carbocycles. The Morgan fingerprint density at radius 2 is 1.67 bits per heavy atom. The van der Waals surface area contributed by atoms with Crippen LogP contribution in [0.4, 0.5) is 0 Å². The van der Waals surface area contributed by atoms with Crippen LogP contribution in [0.5, 0.6) is 0 Å². The van der Waals surface area contributed by atoms with E-state index in [2.05, 4.69) is 16.1 Å². The summed E-state index contributed by atoms with van der Waals surface area (Å²) in [5, 5.41) is 16.2. The van der Waals surface area contributed by atoms with Crippen molar-refractivity contribution in [2.45, 2.75) is 20.3 Å². The first-order valence-corrected chi connectivity index (χ1v) is 7.86. The van der Waals surface area contributed by atoms with Crippen molar-refractivity contribution in [3.05, 3.63) is 59.7 Å². The van der Waals surface area contributed by atoms with E-state index in [1.54, 1.807) is 38.1 Å². The number of rotatable bonds is 5. The maximum absolute atomic E-state index is 10.8. The lowest BCUT2D eigenvalue weighted by molar-refractivity contribution is -0.138. The Balaban J connectivity index is 0.000000389. The van der Waals surface area contributed by atoms with Gasteiger partial charge in [0, 0.05) is 25.2 Å². The lowest BCUT2D eigenvalue weighted by atomic mass is 10.1. The number of hydrogen-bond acceptors (Lipinski definition) is 7. The van der Waals surface area contributed by atoms with Gasteiger partial charge in [-0.1, -0.05) is 24.3 Å². The molecule has 0 amide bonds. The standard InChI is InChI=1S/C8H4O3.C6H10O3.C5H8O2/c9-7-5-3-1-2-4-6(5)8(10)11-7;1-2-6(8)9-5-3-4-7;1-4(2)3-5(6)7/h1-4H;2,7H,1,3-5H2;3H,1-2H3,(H,6,7). The number of ether oxygens (including phenoxy) is 2. The molecule has 146 valence electrons. The molecule has 2 rings (SSSR count). The molecule has 1 aliphatic heterocycles. The van der Waals surface area contributed by atoms with E-state index < -0.39 is 23.9 Å². The monoisotopic (exact) mass is 378 g/mol. The van der Waals surface area contributed by atoms with Crippen molar-refractivity contribution in [2.24, 2.45) is 0 Å². The molecule has 0 atom stereocenters. The maximum atomic E-state index is 10.8. The molecule has 8 heteroatoms. The SMILES string of the molecule is C=CC(=O)OCCCO.CC(C)=CC(=O)O.O=C1OC(=O)c2ccccc21. The molecule has 1 heterocycles. The second kappa shape index (κ2) is 13.0. The predicted octanol–water partition coefficient (Wildman–Crippen LogP) is 2.13. The number of hydrogen-bond donors (Lipinski definition) is 2. The van der Waals surface area contributed by atoms with Gasteiger partial charge in [0.1, 0.15) is 0 Å². The summed E-state index contributed by atoms with van der Waals surface area (Å²) in [5.74, 6) is -2.42. The summed E-state index contributed by atoms with van der Waals surface area (Å²) in [4.78, 5) is 41.7. The van der Waals surface area contributed by atoms with Crippen molar-refractivity contribution in [1.82, 2.24) is 0 Å². The average molecular weight is 378 g/mol. The highest BCUT2D eigenvalue weighted by Gasteiger charge is 2.28. The number of carbonyl (C=O) groups is 4. The van der Waals surface area contributed by atoms with Gasteiger partial charge in [-0.05, 0) is 26.0 Å². The number of carboxylic acid groups (broad SMARTS) is 1. The van der Waals surface area contributed by atoms with Gasteiger partial charge in [0.2, 0.25) is 0 Å². The van der Waals surface area contributed by atoms with Crippen LogP contribution in [0.15, 0.2) is 48.6 Å². The third kappa shape index (κ3) is 10.4. The first kappa shape index (κ1) is 23.7. The second-order valence-electron chi connectivity index (χ2n) is 5.23. The highest BCUT2D eigenvalue weighted by atomic mass is 16.6. The van der Waals surface area contributed by atoms with Gasteiger partial charge in [-0.2, -0.15) is 0 Å². The molecule has 2 N–H and O–H groups in total. The second-order valence-corrected chi connectivity index (χ2v) is 5.23. The van der Waals surface area contributed by atoms with Gasteiger partial charge >= 0.3 is 23.9 Å². The van der Waals surface area contributed by atoms with Crippen LogP contribution >= 0.6 is 0 Å². The number of cyclic esters (lactones) is 2. The van der Waals surface area contributed by atoms with Gasteiger partial charge in [-0.15, -0.1) is 0 Å². The van der Waals surface area contributed by atoms with E-state index >= 15 is 0 Å². The molecule has 0 fully saturated rings. The third-order valence-corrected chi connectivity index (χ3v) is 2.68. The minimum absolute atomic E-state index is 0.0461. The number of carboxylic acids is 1.